The van der Waals surface area contributed by atoms with E-state index in [1.54, 1.807) is 0 Å². The van der Waals surface area contributed by atoms with Crippen molar-refractivity contribution in [2.45, 2.75) is 44.2 Å². The van der Waals surface area contributed by atoms with Crippen LogP contribution in [0.1, 0.15) is 32.6 Å². The lowest BCUT2D eigenvalue weighted by atomic mass is 9.90. The monoisotopic (exact) mass is 225 g/mol. The van der Waals surface area contributed by atoms with E-state index in [4.69, 9.17) is 0 Å². The van der Waals surface area contributed by atoms with E-state index in [1.807, 2.05) is 0 Å². The van der Waals surface area contributed by atoms with Crippen molar-refractivity contribution >= 4 is 11.8 Å². The minimum Gasteiger partial charge on any atom is -0.349 e. The van der Waals surface area contributed by atoms with E-state index in [9.17, 15) is 9.59 Å². The topological polar surface area (TPSA) is 70.2 Å². The summed E-state index contributed by atoms with van der Waals surface area (Å²) in [5.74, 6) is -0.0501. The number of piperidine rings is 1. The van der Waals surface area contributed by atoms with Gasteiger partial charge in [0.25, 0.3) is 0 Å². The summed E-state index contributed by atoms with van der Waals surface area (Å²) in [6.07, 6.45) is 2.98. The molecule has 0 bridgehead atoms. The summed E-state index contributed by atoms with van der Waals surface area (Å²) in [5.41, 5.74) is -0.115. The van der Waals surface area contributed by atoms with Crippen LogP contribution in [-0.4, -0.2) is 36.5 Å². The van der Waals surface area contributed by atoms with Gasteiger partial charge < -0.3 is 16.0 Å². The van der Waals surface area contributed by atoms with Crippen molar-refractivity contribution in [3.8, 4) is 0 Å². The number of rotatable bonds is 2. The zero-order valence-corrected chi connectivity index (χ0v) is 9.64. The molecule has 0 spiro atoms. The van der Waals surface area contributed by atoms with Gasteiger partial charge >= 0.3 is 0 Å². The second kappa shape index (κ2) is 4.41. The van der Waals surface area contributed by atoms with Crippen LogP contribution in [0.25, 0.3) is 0 Å². The van der Waals surface area contributed by atoms with Gasteiger partial charge in [-0.05, 0) is 39.3 Å². The zero-order chi connectivity index (χ0) is 11.6. The SMILES string of the molecule is CC1(NC(=O)C2CCC(=O)N2)CCNCC1. The largest absolute Gasteiger partial charge is 0.349 e. The lowest BCUT2D eigenvalue weighted by Gasteiger charge is -2.35. The normalized spacial score (nSPS) is 28.6. The number of amides is 2. The average molecular weight is 225 g/mol. The lowest BCUT2D eigenvalue weighted by molar-refractivity contribution is -0.127. The van der Waals surface area contributed by atoms with E-state index in [2.05, 4.69) is 22.9 Å². The first-order valence-electron chi connectivity index (χ1n) is 5.91. The summed E-state index contributed by atoms with van der Waals surface area (Å²) in [6, 6.07) is -0.320. The van der Waals surface area contributed by atoms with Gasteiger partial charge in [-0.25, -0.2) is 0 Å². The first kappa shape index (κ1) is 11.4. The van der Waals surface area contributed by atoms with Gasteiger partial charge in [0.1, 0.15) is 6.04 Å². The minimum absolute atomic E-state index is 0.0180. The smallest absolute Gasteiger partial charge is 0.243 e. The van der Waals surface area contributed by atoms with Crippen LogP contribution < -0.4 is 16.0 Å². The molecule has 2 heterocycles. The number of carbonyl (C=O) groups excluding carboxylic acids is 2. The van der Waals surface area contributed by atoms with Crippen LogP contribution in [0.4, 0.5) is 0 Å². The van der Waals surface area contributed by atoms with Gasteiger partial charge in [0.05, 0.1) is 0 Å². The second-order valence-electron chi connectivity index (χ2n) is 4.96. The predicted octanol–water partition coefficient (Wildman–Crippen LogP) is -0.477. The van der Waals surface area contributed by atoms with Crippen LogP contribution in [-0.2, 0) is 9.59 Å². The second-order valence-corrected chi connectivity index (χ2v) is 4.96. The first-order chi connectivity index (χ1) is 7.59. The molecule has 0 aliphatic carbocycles. The van der Waals surface area contributed by atoms with Crippen LogP contribution in [0.2, 0.25) is 0 Å². The molecule has 0 saturated carbocycles. The molecule has 5 heteroatoms. The summed E-state index contributed by atoms with van der Waals surface area (Å²) in [5, 5.41) is 9.03. The van der Waals surface area contributed by atoms with Crippen LogP contribution >= 0.6 is 0 Å². The Balaban J connectivity index is 1.88. The molecule has 2 rings (SSSR count). The maximum Gasteiger partial charge on any atom is 0.243 e. The Labute approximate surface area is 95.3 Å². The Kier molecular flexibility index (Phi) is 3.14. The van der Waals surface area contributed by atoms with E-state index in [0.717, 1.165) is 25.9 Å². The van der Waals surface area contributed by atoms with Gasteiger partial charge in [-0.15, -0.1) is 0 Å². The van der Waals surface area contributed by atoms with Gasteiger partial charge in [-0.2, -0.15) is 0 Å². The molecule has 0 radical (unpaired) electrons. The Morgan fingerprint density at radius 3 is 2.69 bits per heavy atom. The number of hydrogen-bond donors (Lipinski definition) is 3. The summed E-state index contributed by atoms with van der Waals surface area (Å²) in [6.45, 7) is 3.95. The molecular formula is C11H19N3O2. The van der Waals surface area contributed by atoms with E-state index in [-0.39, 0.29) is 23.4 Å². The summed E-state index contributed by atoms with van der Waals surface area (Å²) >= 11 is 0. The molecule has 16 heavy (non-hydrogen) atoms. The third-order valence-electron chi connectivity index (χ3n) is 3.44. The molecule has 2 aliphatic heterocycles. The highest BCUT2D eigenvalue weighted by Gasteiger charge is 2.33. The van der Waals surface area contributed by atoms with E-state index < -0.39 is 0 Å². The van der Waals surface area contributed by atoms with Crippen molar-refractivity contribution in [3.05, 3.63) is 0 Å². The summed E-state index contributed by atoms with van der Waals surface area (Å²) in [7, 11) is 0. The van der Waals surface area contributed by atoms with Crippen LogP contribution in [0.3, 0.4) is 0 Å². The molecule has 2 fully saturated rings. The average Bonchev–Trinajstić information content (AvgIpc) is 2.65. The first-order valence-corrected chi connectivity index (χ1v) is 5.91. The molecule has 2 aliphatic rings. The minimum atomic E-state index is -0.320. The fourth-order valence-electron chi connectivity index (χ4n) is 2.30. The molecule has 0 aromatic heterocycles. The van der Waals surface area contributed by atoms with Gasteiger partial charge in [-0.3, -0.25) is 9.59 Å². The maximum atomic E-state index is 11.9. The molecule has 2 amide bonds. The highest BCUT2D eigenvalue weighted by atomic mass is 16.2. The number of hydrogen-bond acceptors (Lipinski definition) is 3. The van der Waals surface area contributed by atoms with E-state index in [1.165, 1.54) is 0 Å². The Morgan fingerprint density at radius 2 is 2.12 bits per heavy atom. The molecule has 3 N–H and O–H groups in total. The molecular weight excluding hydrogens is 206 g/mol. The molecule has 1 unspecified atom stereocenters. The van der Waals surface area contributed by atoms with Crippen molar-refractivity contribution in [3.63, 3.8) is 0 Å². The standard InChI is InChI=1S/C11H19N3O2/c1-11(4-6-12-7-5-11)14-10(16)8-2-3-9(15)13-8/h8,12H,2-7H2,1H3,(H,13,15)(H,14,16). The predicted molar refractivity (Wildman–Crippen MR) is 59.8 cm³/mol. The Morgan fingerprint density at radius 1 is 1.44 bits per heavy atom. The van der Waals surface area contributed by atoms with Gasteiger partial charge in [0.15, 0.2) is 0 Å². The van der Waals surface area contributed by atoms with Crippen molar-refractivity contribution in [2.75, 3.05) is 13.1 Å². The molecule has 2 saturated heterocycles. The van der Waals surface area contributed by atoms with Gasteiger partial charge in [-0.1, -0.05) is 0 Å². The highest BCUT2D eigenvalue weighted by Crippen LogP contribution is 2.18. The van der Waals surface area contributed by atoms with Crippen LogP contribution in [0.5, 0.6) is 0 Å². The van der Waals surface area contributed by atoms with Gasteiger partial charge in [0.2, 0.25) is 11.8 Å². The third kappa shape index (κ3) is 2.52. The van der Waals surface area contributed by atoms with Crippen LogP contribution in [0.15, 0.2) is 0 Å². The number of carbonyl (C=O) groups is 2. The summed E-state index contributed by atoms with van der Waals surface area (Å²) in [4.78, 5) is 22.9. The molecule has 90 valence electrons. The van der Waals surface area contributed by atoms with Crippen molar-refractivity contribution < 1.29 is 9.59 Å². The lowest BCUT2D eigenvalue weighted by Crippen LogP contribution is -2.56. The molecule has 0 aromatic rings. The summed E-state index contributed by atoms with van der Waals surface area (Å²) < 4.78 is 0. The van der Waals surface area contributed by atoms with Crippen molar-refractivity contribution in [2.24, 2.45) is 0 Å². The molecule has 5 nitrogen and oxygen atoms in total. The van der Waals surface area contributed by atoms with Crippen molar-refractivity contribution in [1.29, 1.82) is 0 Å². The van der Waals surface area contributed by atoms with E-state index >= 15 is 0 Å². The zero-order valence-electron chi connectivity index (χ0n) is 9.64. The number of nitrogens with one attached hydrogen (secondary N) is 3. The van der Waals surface area contributed by atoms with Gasteiger partial charge in [0, 0.05) is 12.0 Å². The molecule has 1 atom stereocenters. The van der Waals surface area contributed by atoms with Crippen LogP contribution in [0, 0.1) is 0 Å². The maximum absolute atomic E-state index is 11.9. The highest BCUT2D eigenvalue weighted by molar-refractivity contribution is 5.91. The Hall–Kier alpha value is -1.10. The van der Waals surface area contributed by atoms with Crippen molar-refractivity contribution in [1.82, 2.24) is 16.0 Å². The Bertz CT molecular complexity index is 298. The van der Waals surface area contributed by atoms with E-state index in [0.29, 0.717) is 12.8 Å². The molecule has 0 aromatic carbocycles. The fraction of sp³-hybridized carbons (Fsp3) is 0.818. The quantitative estimate of drug-likeness (QED) is 0.594. The fourth-order valence-corrected chi connectivity index (χ4v) is 2.30. The third-order valence-corrected chi connectivity index (χ3v) is 3.44.